The minimum atomic E-state index is -0.242. The molecule has 0 saturated carbocycles. The Morgan fingerprint density at radius 1 is 0.750 bits per heavy atom. The first-order chi connectivity index (χ1) is 17.4. The number of unbranched alkanes of at least 4 members (excludes halogenated alkanes) is 2. The van der Waals surface area contributed by atoms with E-state index in [0.29, 0.717) is 29.0 Å². The summed E-state index contributed by atoms with van der Waals surface area (Å²) in [7, 11) is 0. The highest BCUT2D eigenvalue weighted by molar-refractivity contribution is 5.97. The normalized spacial score (nSPS) is 11.3. The van der Waals surface area contributed by atoms with Gasteiger partial charge in [-0.25, -0.2) is 0 Å². The standard InChI is InChI=1S/C29H34N4O3/c1-3-4-6-17-27(34)32-25-15-10-16-26(19-25)33-28(35)20-30-24-14-9-13-23(18-24)29(36)31-21(2)22-11-7-5-8-12-22/h5,7-16,18-19,21,30H,3-4,6,17,20H2,1-2H3,(H,31,36)(H,32,34)(H,33,35). The van der Waals surface area contributed by atoms with Gasteiger partial charge in [0.2, 0.25) is 11.8 Å². The highest BCUT2D eigenvalue weighted by atomic mass is 16.2. The molecule has 3 aromatic rings. The van der Waals surface area contributed by atoms with E-state index in [9.17, 15) is 14.4 Å². The lowest BCUT2D eigenvalue weighted by molar-refractivity contribution is -0.116. The summed E-state index contributed by atoms with van der Waals surface area (Å²) in [5, 5.41) is 11.7. The monoisotopic (exact) mass is 486 g/mol. The number of hydrogen-bond donors (Lipinski definition) is 4. The van der Waals surface area contributed by atoms with Crippen molar-refractivity contribution in [2.75, 3.05) is 22.5 Å². The molecule has 36 heavy (non-hydrogen) atoms. The van der Waals surface area contributed by atoms with Crippen LogP contribution in [0.25, 0.3) is 0 Å². The summed E-state index contributed by atoms with van der Waals surface area (Å²) >= 11 is 0. The minimum Gasteiger partial charge on any atom is -0.376 e. The van der Waals surface area contributed by atoms with E-state index >= 15 is 0 Å². The van der Waals surface area contributed by atoms with Gasteiger partial charge >= 0.3 is 0 Å². The van der Waals surface area contributed by atoms with Crippen LogP contribution in [0.5, 0.6) is 0 Å². The lowest BCUT2D eigenvalue weighted by Crippen LogP contribution is -2.26. The fraction of sp³-hybridized carbons (Fsp3) is 0.276. The first kappa shape index (κ1) is 26.5. The van der Waals surface area contributed by atoms with Crippen LogP contribution < -0.4 is 21.3 Å². The molecule has 0 aliphatic heterocycles. The molecule has 0 bridgehead atoms. The maximum atomic E-state index is 12.7. The molecule has 188 valence electrons. The van der Waals surface area contributed by atoms with E-state index in [1.54, 1.807) is 48.5 Å². The quantitative estimate of drug-likeness (QED) is 0.245. The molecule has 7 nitrogen and oxygen atoms in total. The summed E-state index contributed by atoms with van der Waals surface area (Å²) < 4.78 is 0. The van der Waals surface area contributed by atoms with Crippen molar-refractivity contribution in [3.63, 3.8) is 0 Å². The Kier molecular flexibility index (Phi) is 10.1. The van der Waals surface area contributed by atoms with Crippen molar-refractivity contribution in [2.45, 2.75) is 45.6 Å². The van der Waals surface area contributed by atoms with Gasteiger partial charge in [-0.2, -0.15) is 0 Å². The maximum absolute atomic E-state index is 12.7. The highest BCUT2D eigenvalue weighted by Gasteiger charge is 2.12. The number of hydrogen-bond acceptors (Lipinski definition) is 4. The molecule has 0 saturated heterocycles. The van der Waals surface area contributed by atoms with Gasteiger partial charge in [0.1, 0.15) is 0 Å². The van der Waals surface area contributed by atoms with Gasteiger partial charge in [-0.05, 0) is 55.3 Å². The molecule has 0 aromatic heterocycles. The van der Waals surface area contributed by atoms with Gasteiger partial charge in [-0.1, -0.05) is 62.2 Å². The van der Waals surface area contributed by atoms with E-state index in [1.807, 2.05) is 37.3 Å². The third-order valence-corrected chi connectivity index (χ3v) is 5.66. The van der Waals surface area contributed by atoms with E-state index in [4.69, 9.17) is 0 Å². The van der Waals surface area contributed by atoms with Crippen molar-refractivity contribution in [3.8, 4) is 0 Å². The Morgan fingerprint density at radius 3 is 2.14 bits per heavy atom. The molecule has 0 fully saturated rings. The molecular formula is C29H34N4O3. The molecule has 1 atom stereocenters. The number of anilines is 3. The first-order valence-electron chi connectivity index (χ1n) is 12.3. The molecule has 7 heteroatoms. The third-order valence-electron chi connectivity index (χ3n) is 5.66. The van der Waals surface area contributed by atoms with Crippen LogP contribution in [-0.2, 0) is 9.59 Å². The van der Waals surface area contributed by atoms with Crippen molar-refractivity contribution in [3.05, 3.63) is 90.0 Å². The van der Waals surface area contributed by atoms with Gasteiger partial charge in [0.05, 0.1) is 12.6 Å². The zero-order valence-corrected chi connectivity index (χ0v) is 20.8. The van der Waals surface area contributed by atoms with Crippen molar-refractivity contribution in [2.24, 2.45) is 0 Å². The largest absolute Gasteiger partial charge is 0.376 e. The number of carbonyl (C=O) groups excluding carboxylic acids is 3. The summed E-state index contributed by atoms with van der Waals surface area (Å²) in [5.74, 6) is -0.460. The van der Waals surface area contributed by atoms with E-state index in [2.05, 4.69) is 28.2 Å². The van der Waals surface area contributed by atoms with Crippen LogP contribution in [0.4, 0.5) is 17.1 Å². The molecule has 0 heterocycles. The number of carbonyl (C=O) groups is 3. The molecule has 3 amide bonds. The topological polar surface area (TPSA) is 99.3 Å². The van der Waals surface area contributed by atoms with Crippen LogP contribution in [0.3, 0.4) is 0 Å². The van der Waals surface area contributed by atoms with Crippen LogP contribution in [0.2, 0.25) is 0 Å². The molecule has 0 radical (unpaired) electrons. The molecule has 0 aliphatic rings. The van der Waals surface area contributed by atoms with E-state index in [1.165, 1.54) is 0 Å². The number of rotatable bonds is 12. The van der Waals surface area contributed by atoms with Crippen LogP contribution in [-0.4, -0.2) is 24.3 Å². The smallest absolute Gasteiger partial charge is 0.251 e. The maximum Gasteiger partial charge on any atom is 0.251 e. The van der Waals surface area contributed by atoms with Gasteiger partial charge in [-0.15, -0.1) is 0 Å². The number of amides is 3. The second kappa shape index (κ2) is 13.7. The predicted octanol–water partition coefficient (Wildman–Crippen LogP) is 5.75. The predicted molar refractivity (Wildman–Crippen MR) is 145 cm³/mol. The van der Waals surface area contributed by atoms with Crippen molar-refractivity contribution >= 4 is 34.8 Å². The summed E-state index contributed by atoms with van der Waals surface area (Å²) in [6.07, 6.45) is 3.43. The highest BCUT2D eigenvalue weighted by Crippen LogP contribution is 2.17. The number of benzene rings is 3. The number of nitrogens with one attached hydrogen (secondary N) is 4. The minimum absolute atomic E-state index is 0.0269. The van der Waals surface area contributed by atoms with Crippen LogP contribution in [0, 0.1) is 0 Å². The summed E-state index contributed by atoms with van der Waals surface area (Å²) in [6, 6.07) is 23.7. The molecule has 0 aliphatic carbocycles. The fourth-order valence-corrected chi connectivity index (χ4v) is 3.70. The zero-order valence-electron chi connectivity index (χ0n) is 20.8. The Hall–Kier alpha value is -4.13. The molecule has 3 aromatic carbocycles. The van der Waals surface area contributed by atoms with Crippen LogP contribution >= 0.6 is 0 Å². The van der Waals surface area contributed by atoms with Gasteiger partial charge in [0.15, 0.2) is 0 Å². The Balaban J connectivity index is 1.50. The van der Waals surface area contributed by atoms with Crippen LogP contribution in [0.15, 0.2) is 78.9 Å². The van der Waals surface area contributed by atoms with E-state index in [0.717, 1.165) is 24.8 Å². The molecular weight excluding hydrogens is 452 g/mol. The lowest BCUT2D eigenvalue weighted by atomic mass is 10.1. The fourth-order valence-electron chi connectivity index (χ4n) is 3.70. The lowest BCUT2D eigenvalue weighted by Gasteiger charge is -2.15. The van der Waals surface area contributed by atoms with Gasteiger partial charge in [0.25, 0.3) is 5.91 Å². The Morgan fingerprint density at radius 2 is 1.42 bits per heavy atom. The first-order valence-corrected chi connectivity index (χ1v) is 12.3. The molecule has 3 rings (SSSR count). The average Bonchev–Trinajstić information content (AvgIpc) is 2.88. The molecule has 0 spiro atoms. The zero-order chi connectivity index (χ0) is 25.8. The van der Waals surface area contributed by atoms with Crippen molar-refractivity contribution in [1.29, 1.82) is 0 Å². The summed E-state index contributed by atoms with van der Waals surface area (Å²) in [5.41, 5.74) is 3.43. The SMILES string of the molecule is CCCCCC(=O)Nc1cccc(NC(=O)CNc2cccc(C(=O)NC(C)c3ccccc3)c2)c1. The summed E-state index contributed by atoms with van der Waals surface area (Å²) in [6.45, 7) is 4.06. The van der Waals surface area contributed by atoms with Crippen molar-refractivity contribution < 1.29 is 14.4 Å². The van der Waals surface area contributed by atoms with Gasteiger partial charge in [-0.3, -0.25) is 14.4 Å². The Labute approximate surface area is 212 Å². The second-order valence-electron chi connectivity index (χ2n) is 8.67. The van der Waals surface area contributed by atoms with Crippen molar-refractivity contribution in [1.82, 2.24) is 5.32 Å². The van der Waals surface area contributed by atoms with E-state index in [-0.39, 0.29) is 30.3 Å². The Bertz CT molecular complexity index is 1160. The van der Waals surface area contributed by atoms with Gasteiger partial charge in [0, 0.05) is 29.0 Å². The molecule has 4 N–H and O–H groups in total. The third kappa shape index (κ3) is 8.58. The van der Waals surface area contributed by atoms with Crippen LogP contribution in [0.1, 0.15) is 61.5 Å². The summed E-state index contributed by atoms with van der Waals surface area (Å²) in [4.78, 5) is 37.2. The molecule has 1 unspecified atom stereocenters. The average molecular weight is 487 g/mol. The van der Waals surface area contributed by atoms with E-state index < -0.39 is 0 Å². The second-order valence-corrected chi connectivity index (χ2v) is 8.67. The van der Waals surface area contributed by atoms with Gasteiger partial charge < -0.3 is 21.3 Å².